The van der Waals surface area contributed by atoms with E-state index in [1.54, 1.807) is 0 Å². The van der Waals surface area contributed by atoms with Crippen molar-refractivity contribution in [2.45, 2.75) is 52.2 Å². The average Bonchev–Trinajstić information content (AvgIpc) is 2.28. The van der Waals surface area contributed by atoms with Crippen molar-refractivity contribution in [2.75, 3.05) is 19.6 Å². The predicted octanol–water partition coefficient (Wildman–Crippen LogP) is 0.929. The van der Waals surface area contributed by atoms with Gasteiger partial charge in [0.1, 0.15) is 11.6 Å². The van der Waals surface area contributed by atoms with Crippen molar-refractivity contribution >= 4 is 11.9 Å². The monoisotopic (exact) mass is 256 g/mol. The van der Waals surface area contributed by atoms with Crippen molar-refractivity contribution in [3.63, 3.8) is 0 Å². The quantitative estimate of drug-likeness (QED) is 0.743. The van der Waals surface area contributed by atoms with Crippen molar-refractivity contribution in [1.29, 1.82) is 0 Å². The number of likely N-dealkylation sites (N-methyl/N-ethyl adjacent to an activating group) is 1. The topological polar surface area (TPSA) is 58.6 Å². The molecule has 1 saturated heterocycles. The van der Waals surface area contributed by atoms with Gasteiger partial charge < -0.3 is 10.1 Å². The molecule has 0 spiro atoms. The van der Waals surface area contributed by atoms with Crippen LogP contribution in [0, 0.1) is 0 Å². The fraction of sp³-hybridized carbons (Fsp3) is 0.846. The number of rotatable bonds is 5. The lowest BCUT2D eigenvalue weighted by Gasteiger charge is -2.41. The van der Waals surface area contributed by atoms with Gasteiger partial charge in [-0.2, -0.15) is 0 Å². The highest BCUT2D eigenvalue weighted by Gasteiger charge is 2.40. The number of morpholine rings is 1. The second kappa shape index (κ2) is 6.18. The SMILES string of the molecule is CCCNC(=O)CC1C(=O)OC(C)(C)CN1CC. The summed E-state index contributed by atoms with van der Waals surface area (Å²) in [6, 6.07) is -0.445. The molecule has 1 heterocycles. The van der Waals surface area contributed by atoms with Gasteiger partial charge in [0.25, 0.3) is 0 Å². The highest BCUT2D eigenvalue weighted by molar-refractivity contribution is 5.85. The van der Waals surface area contributed by atoms with Crippen LogP contribution in [0.25, 0.3) is 0 Å². The molecule has 5 nitrogen and oxygen atoms in total. The minimum atomic E-state index is -0.469. The summed E-state index contributed by atoms with van der Waals surface area (Å²) in [6.07, 6.45) is 1.08. The molecule has 1 aliphatic heterocycles. The van der Waals surface area contributed by atoms with Crippen LogP contribution in [0.15, 0.2) is 0 Å². The smallest absolute Gasteiger partial charge is 0.324 e. The van der Waals surface area contributed by atoms with Gasteiger partial charge in [-0.25, -0.2) is 0 Å². The third kappa shape index (κ3) is 3.98. The third-order valence-electron chi connectivity index (χ3n) is 3.03. The maximum Gasteiger partial charge on any atom is 0.324 e. The lowest BCUT2D eigenvalue weighted by atomic mass is 10.0. The molecule has 0 aromatic carbocycles. The van der Waals surface area contributed by atoms with Gasteiger partial charge in [-0.3, -0.25) is 14.5 Å². The van der Waals surface area contributed by atoms with E-state index in [-0.39, 0.29) is 18.3 Å². The lowest BCUT2D eigenvalue weighted by molar-refractivity contribution is -0.178. The molecule has 0 saturated carbocycles. The van der Waals surface area contributed by atoms with Gasteiger partial charge in [0.05, 0.1) is 6.42 Å². The number of cyclic esters (lactones) is 1. The average molecular weight is 256 g/mol. The number of amides is 1. The molecule has 1 aliphatic rings. The molecule has 18 heavy (non-hydrogen) atoms. The van der Waals surface area contributed by atoms with Crippen LogP contribution < -0.4 is 5.32 Å². The fourth-order valence-corrected chi connectivity index (χ4v) is 2.18. The van der Waals surface area contributed by atoms with Crippen LogP contribution in [-0.2, 0) is 14.3 Å². The summed E-state index contributed by atoms with van der Waals surface area (Å²) >= 11 is 0. The number of esters is 1. The maximum atomic E-state index is 11.9. The first kappa shape index (κ1) is 15.0. The highest BCUT2D eigenvalue weighted by atomic mass is 16.6. The Morgan fingerprint density at radius 1 is 1.50 bits per heavy atom. The first-order valence-corrected chi connectivity index (χ1v) is 6.63. The van der Waals surface area contributed by atoms with E-state index in [0.29, 0.717) is 13.1 Å². The minimum Gasteiger partial charge on any atom is -0.457 e. The predicted molar refractivity (Wildman–Crippen MR) is 69.1 cm³/mol. The van der Waals surface area contributed by atoms with Gasteiger partial charge >= 0.3 is 5.97 Å². The van der Waals surface area contributed by atoms with Crippen LogP contribution in [0.5, 0.6) is 0 Å². The van der Waals surface area contributed by atoms with E-state index in [1.165, 1.54) is 0 Å². The fourth-order valence-electron chi connectivity index (χ4n) is 2.18. The largest absolute Gasteiger partial charge is 0.457 e. The Morgan fingerprint density at radius 2 is 2.17 bits per heavy atom. The second-order valence-electron chi connectivity index (χ2n) is 5.31. The van der Waals surface area contributed by atoms with E-state index in [2.05, 4.69) is 5.32 Å². The van der Waals surface area contributed by atoms with E-state index in [0.717, 1.165) is 13.0 Å². The number of hydrogen-bond acceptors (Lipinski definition) is 4. The number of carbonyl (C=O) groups excluding carboxylic acids is 2. The van der Waals surface area contributed by atoms with E-state index < -0.39 is 11.6 Å². The number of hydrogen-bond donors (Lipinski definition) is 1. The summed E-state index contributed by atoms with van der Waals surface area (Å²) in [7, 11) is 0. The molecular weight excluding hydrogens is 232 g/mol. The minimum absolute atomic E-state index is 0.0862. The zero-order valence-corrected chi connectivity index (χ0v) is 11.8. The standard InChI is InChI=1S/C13H24N2O3/c1-5-7-14-11(16)8-10-12(17)18-13(3,4)9-15(10)6-2/h10H,5-9H2,1-4H3,(H,14,16). The van der Waals surface area contributed by atoms with Crippen LogP contribution >= 0.6 is 0 Å². The molecule has 0 aromatic rings. The summed E-state index contributed by atoms with van der Waals surface area (Å²) in [5.74, 6) is -0.378. The number of nitrogens with one attached hydrogen (secondary N) is 1. The highest BCUT2D eigenvalue weighted by Crippen LogP contribution is 2.23. The molecule has 1 amide bonds. The van der Waals surface area contributed by atoms with Gasteiger partial charge in [0.2, 0.25) is 5.91 Å². The molecule has 1 N–H and O–H groups in total. The van der Waals surface area contributed by atoms with Crippen molar-refractivity contribution in [2.24, 2.45) is 0 Å². The summed E-state index contributed by atoms with van der Waals surface area (Å²) in [4.78, 5) is 25.6. The summed E-state index contributed by atoms with van der Waals surface area (Å²) in [6.45, 7) is 9.83. The van der Waals surface area contributed by atoms with Crippen LogP contribution in [0.3, 0.4) is 0 Å². The zero-order chi connectivity index (χ0) is 13.8. The lowest BCUT2D eigenvalue weighted by Crippen LogP contribution is -2.57. The molecule has 1 rings (SSSR count). The van der Waals surface area contributed by atoms with Gasteiger partial charge in [-0.15, -0.1) is 0 Å². The van der Waals surface area contributed by atoms with E-state index in [1.807, 2.05) is 32.6 Å². The number of carbonyl (C=O) groups is 2. The van der Waals surface area contributed by atoms with Gasteiger partial charge in [-0.05, 0) is 26.8 Å². The van der Waals surface area contributed by atoms with Gasteiger partial charge in [0.15, 0.2) is 0 Å². The van der Waals surface area contributed by atoms with E-state index in [4.69, 9.17) is 4.74 Å². The van der Waals surface area contributed by atoms with Crippen molar-refractivity contribution < 1.29 is 14.3 Å². The summed E-state index contributed by atoms with van der Waals surface area (Å²) < 4.78 is 5.36. The molecule has 5 heteroatoms. The number of nitrogens with zero attached hydrogens (tertiary/aromatic N) is 1. The van der Waals surface area contributed by atoms with Crippen molar-refractivity contribution in [3.8, 4) is 0 Å². The zero-order valence-electron chi connectivity index (χ0n) is 11.8. The van der Waals surface area contributed by atoms with Crippen molar-refractivity contribution in [1.82, 2.24) is 10.2 Å². The molecule has 0 bridgehead atoms. The molecule has 1 unspecified atom stereocenters. The molecule has 1 fully saturated rings. The maximum absolute atomic E-state index is 11.9. The Hall–Kier alpha value is -1.10. The molecule has 1 atom stereocenters. The van der Waals surface area contributed by atoms with Gasteiger partial charge in [0, 0.05) is 13.1 Å². The Balaban J connectivity index is 2.62. The Kier molecular flexibility index (Phi) is 5.14. The molecule has 0 aromatic heterocycles. The van der Waals surface area contributed by atoms with Crippen LogP contribution in [-0.4, -0.2) is 48.1 Å². The van der Waals surface area contributed by atoms with Crippen LogP contribution in [0.1, 0.15) is 40.5 Å². The van der Waals surface area contributed by atoms with Crippen molar-refractivity contribution in [3.05, 3.63) is 0 Å². The third-order valence-corrected chi connectivity index (χ3v) is 3.03. The number of ether oxygens (including phenoxy) is 1. The second-order valence-corrected chi connectivity index (χ2v) is 5.31. The Bertz CT molecular complexity index is 315. The summed E-state index contributed by atoms with van der Waals surface area (Å²) in [5.41, 5.74) is -0.469. The first-order valence-electron chi connectivity index (χ1n) is 6.63. The Labute approximate surface area is 109 Å². The van der Waals surface area contributed by atoms with Crippen LogP contribution in [0.4, 0.5) is 0 Å². The molecule has 0 aliphatic carbocycles. The van der Waals surface area contributed by atoms with E-state index in [9.17, 15) is 9.59 Å². The Morgan fingerprint density at radius 3 is 2.72 bits per heavy atom. The van der Waals surface area contributed by atoms with E-state index >= 15 is 0 Å². The summed E-state index contributed by atoms with van der Waals surface area (Å²) in [5, 5.41) is 2.79. The molecule has 104 valence electrons. The van der Waals surface area contributed by atoms with Gasteiger partial charge in [-0.1, -0.05) is 13.8 Å². The molecular formula is C13H24N2O3. The van der Waals surface area contributed by atoms with Crippen LogP contribution in [0.2, 0.25) is 0 Å². The normalized spacial score (nSPS) is 23.6. The molecule has 0 radical (unpaired) electrons. The first-order chi connectivity index (χ1) is 8.39.